The van der Waals surface area contributed by atoms with Gasteiger partial charge in [0.05, 0.1) is 13.2 Å². The lowest BCUT2D eigenvalue weighted by molar-refractivity contribution is 0.0937. The van der Waals surface area contributed by atoms with E-state index in [9.17, 15) is 14.4 Å². The molecular formula is C22H25BN3O6. The number of nitrogens with one attached hydrogen (secondary N) is 3. The molecule has 0 atom stereocenters. The van der Waals surface area contributed by atoms with Crippen LogP contribution in [0.15, 0.2) is 36.4 Å². The molecule has 0 unspecified atom stereocenters. The number of hydrogen-bond donors (Lipinski definition) is 5. The maximum atomic E-state index is 12.4. The van der Waals surface area contributed by atoms with Crippen molar-refractivity contribution in [2.45, 2.75) is 12.7 Å². The lowest BCUT2D eigenvalue weighted by Gasteiger charge is -2.16. The van der Waals surface area contributed by atoms with Gasteiger partial charge in [-0.15, -0.1) is 0 Å². The van der Waals surface area contributed by atoms with Gasteiger partial charge in [-0.05, 0) is 46.5 Å². The number of carbonyl (C=O) groups excluding carboxylic acids is 3. The van der Waals surface area contributed by atoms with Crippen molar-refractivity contribution < 1.29 is 29.3 Å². The standard InChI is InChI=1S/C22H25BN3O6/c1-23-26-22(31)32-12-19-17-10-13(20(29)24-6-8-27)2-4-15(17)16-5-3-14(11-18(16)19)21(30)25-7-9-28/h2-5,10-11,19,27-28H,6-9,12H2,1H3,(H,24,29)(H,25,30)(H,26,31). The number of carbonyl (C=O) groups is 3. The molecule has 0 aliphatic heterocycles. The first kappa shape index (κ1) is 23.3. The quantitative estimate of drug-likeness (QED) is 0.365. The molecule has 3 amide bonds. The number of ether oxygens (including phenoxy) is 1. The normalized spacial score (nSPS) is 11.8. The second kappa shape index (κ2) is 10.8. The fraction of sp³-hybridized carbons (Fsp3) is 0.318. The number of fused-ring (bicyclic) bond motifs is 3. The van der Waals surface area contributed by atoms with Crippen LogP contribution in [0.2, 0.25) is 6.82 Å². The first-order valence-electron chi connectivity index (χ1n) is 10.3. The SMILES string of the molecule is C[B]NC(=O)OCC1c2cc(C(=O)NCCO)ccc2-c2ccc(C(=O)NCCO)cc21. The first-order valence-corrected chi connectivity index (χ1v) is 10.3. The molecule has 3 rings (SSSR count). The van der Waals surface area contributed by atoms with Gasteiger partial charge in [0.2, 0.25) is 7.41 Å². The summed E-state index contributed by atoms with van der Waals surface area (Å²) in [5, 5.41) is 25.6. The predicted molar refractivity (Wildman–Crippen MR) is 119 cm³/mol. The van der Waals surface area contributed by atoms with E-state index in [0.717, 1.165) is 22.3 Å². The van der Waals surface area contributed by atoms with Crippen molar-refractivity contribution in [1.29, 1.82) is 0 Å². The zero-order valence-corrected chi connectivity index (χ0v) is 17.7. The van der Waals surface area contributed by atoms with Gasteiger partial charge >= 0.3 is 6.09 Å². The second-order valence-electron chi connectivity index (χ2n) is 7.15. The summed E-state index contributed by atoms with van der Waals surface area (Å²) in [7, 11) is 1.46. The van der Waals surface area contributed by atoms with E-state index in [1.54, 1.807) is 31.1 Å². The van der Waals surface area contributed by atoms with Gasteiger partial charge in [-0.3, -0.25) is 9.59 Å². The third-order valence-corrected chi connectivity index (χ3v) is 5.11. The lowest BCUT2D eigenvalue weighted by atomic mass is 9.95. The first-order chi connectivity index (χ1) is 15.5. The average Bonchev–Trinajstić information content (AvgIpc) is 3.11. The molecule has 0 aromatic heterocycles. The Kier molecular flexibility index (Phi) is 7.85. The highest BCUT2D eigenvalue weighted by Crippen LogP contribution is 2.45. The van der Waals surface area contributed by atoms with E-state index in [1.807, 2.05) is 12.1 Å². The molecule has 32 heavy (non-hydrogen) atoms. The van der Waals surface area contributed by atoms with Gasteiger partial charge in [-0.2, -0.15) is 0 Å². The fourth-order valence-electron chi connectivity index (χ4n) is 3.68. The summed E-state index contributed by atoms with van der Waals surface area (Å²) in [6, 6.07) is 10.5. The number of benzene rings is 2. The minimum atomic E-state index is -0.601. The summed E-state index contributed by atoms with van der Waals surface area (Å²) in [5.74, 6) is -1.02. The Morgan fingerprint density at radius 2 is 1.41 bits per heavy atom. The predicted octanol–water partition coefficient (Wildman–Crippen LogP) is 0.637. The number of rotatable bonds is 9. The van der Waals surface area contributed by atoms with Crippen LogP contribution in [0.3, 0.4) is 0 Å². The van der Waals surface area contributed by atoms with Crippen LogP contribution in [0.4, 0.5) is 4.79 Å². The van der Waals surface area contributed by atoms with Crippen LogP contribution >= 0.6 is 0 Å². The van der Waals surface area contributed by atoms with E-state index in [0.29, 0.717) is 11.1 Å². The molecule has 0 heterocycles. The molecule has 5 N–H and O–H groups in total. The Bertz CT molecular complexity index is 944. The summed E-state index contributed by atoms with van der Waals surface area (Å²) < 4.78 is 5.36. The monoisotopic (exact) mass is 438 g/mol. The van der Waals surface area contributed by atoms with Crippen LogP contribution in [0.25, 0.3) is 11.1 Å². The second-order valence-corrected chi connectivity index (χ2v) is 7.15. The summed E-state index contributed by atoms with van der Waals surface area (Å²) in [6.45, 7) is 1.64. The Labute approximate surface area is 186 Å². The van der Waals surface area contributed by atoms with Crippen LogP contribution < -0.4 is 15.9 Å². The number of aliphatic hydroxyl groups excluding tert-OH is 2. The number of amides is 3. The summed E-state index contributed by atoms with van der Waals surface area (Å²) in [4.78, 5) is 36.6. The zero-order valence-electron chi connectivity index (χ0n) is 17.7. The van der Waals surface area contributed by atoms with Gasteiger partial charge in [-0.25, -0.2) is 4.79 Å². The van der Waals surface area contributed by atoms with Crippen LogP contribution in [-0.4, -0.2) is 68.4 Å². The van der Waals surface area contributed by atoms with Crippen molar-refractivity contribution in [1.82, 2.24) is 15.9 Å². The smallest absolute Gasteiger partial charge is 0.394 e. The van der Waals surface area contributed by atoms with Gasteiger partial charge in [-0.1, -0.05) is 19.0 Å². The van der Waals surface area contributed by atoms with E-state index < -0.39 is 6.09 Å². The van der Waals surface area contributed by atoms with E-state index in [-0.39, 0.29) is 50.6 Å². The minimum absolute atomic E-state index is 0.0170. The summed E-state index contributed by atoms with van der Waals surface area (Å²) in [5.41, 5.74) is 4.22. The lowest BCUT2D eigenvalue weighted by Crippen LogP contribution is -2.28. The minimum Gasteiger partial charge on any atom is -0.449 e. The maximum absolute atomic E-state index is 12.4. The Hall–Kier alpha value is -3.37. The van der Waals surface area contributed by atoms with Crippen LogP contribution in [0, 0.1) is 0 Å². The van der Waals surface area contributed by atoms with Crippen molar-refractivity contribution in [3.8, 4) is 11.1 Å². The van der Waals surface area contributed by atoms with E-state index >= 15 is 0 Å². The molecule has 2 aromatic rings. The molecule has 2 aromatic carbocycles. The van der Waals surface area contributed by atoms with E-state index in [2.05, 4.69) is 15.9 Å². The maximum Gasteiger partial charge on any atom is 0.394 e. The molecule has 167 valence electrons. The highest BCUT2D eigenvalue weighted by atomic mass is 16.5. The molecule has 9 nitrogen and oxygen atoms in total. The largest absolute Gasteiger partial charge is 0.449 e. The van der Waals surface area contributed by atoms with Gasteiger partial charge in [0, 0.05) is 30.1 Å². The van der Waals surface area contributed by atoms with Crippen molar-refractivity contribution in [3.05, 3.63) is 58.7 Å². The van der Waals surface area contributed by atoms with Gasteiger partial charge in [0.15, 0.2) is 0 Å². The zero-order chi connectivity index (χ0) is 23.1. The highest BCUT2D eigenvalue weighted by Gasteiger charge is 2.31. The number of aliphatic hydroxyl groups is 2. The van der Waals surface area contributed by atoms with Gasteiger partial charge < -0.3 is 30.8 Å². The average molecular weight is 438 g/mol. The van der Waals surface area contributed by atoms with Crippen molar-refractivity contribution >= 4 is 25.3 Å². The fourth-order valence-corrected chi connectivity index (χ4v) is 3.68. The van der Waals surface area contributed by atoms with Crippen molar-refractivity contribution in [2.24, 2.45) is 0 Å². The van der Waals surface area contributed by atoms with Crippen molar-refractivity contribution in [2.75, 3.05) is 32.9 Å². The molecule has 0 fully saturated rings. The molecular weight excluding hydrogens is 413 g/mol. The van der Waals surface area contributed by atoms with Crippen molar-refractivity contribution in [3.63, 3.8) is 0 Å². The Morgan fingerprint density at radius 3 is 1.84 bits per heavy atom. The molecule has 1 aliphatic carbocycles. The van der Waals surface area contributed by atoms with Gasteiger partial charge in [0.25, 0.3) is 11.8 Å². The molecule has 0 saturated carbocycles. The molecule has 0 bridgehead atoms. The van der Waals surface area contributed by atoms with Crippen LogP contribution in [0.5, 0.6) is 0 Å². The topological polar surface area (TPSA) is 137 Å². The van der Waals surface area contributed by atoms with E-state index in [1.165, 1.54) is 7.41 Å². The third-order valence-electron chi connectivity index (χ3n) is 5.11. The molecule has 1 aliphatic rings. The molecule has 1 radical (unpaired) electrons. The van der Waals surface area contributed by atoms with Crippen LogP contribution in [-0.2, 0) is 4.74 Å². The van der Waals surface area contributed by atoms with Gasteiger partial charge in [0.1, 0.15) is 6.61 Å². The number of hydrogen-bond acceptors (Lipinski definition) is 6. The summed E-state index contributed by atoms with van der Waals surface area (Å²) >= 11 is 0. The molecule has 0 spiro atoms. The molecule has 10 heteroatoms. The molecule has 0 saturated heterocycles. The Balaban J connectivity index is 1.96. The van der Waals surface area contributed by atoms with Crippen LogP contribution in [0.1, 0.15) is 37.8 Å². The third kappa shape index (κ3) is 5.09. The van der Waals surface area contributed by atoms with E-state index in [4.69, 9.17) is 14.9 Å². The Morgan fingerprint density at radius 1 is 0.906 bits per heavy atom. The highest BCUT2D eigenvalue weighted by molar-refractivity contribution is 6.34. The summed E-state index contributed by atoms with van der Waals surface area (Å²) in [6.07, 6.45) is -0.601.